The van der Waals surface area contributed by atoms with Gasteiger partial charge in [-0.3, -0.25) is 14.5 Å². The van der Waals surface area contributed by atoms with Crippen molar-refractivity contribution in [1.82, 2.24) is 9.80 Å². The number of carbonyl (C=O) groups excluding carboxylic acids is 2. The number of methoxy groups -OCH3 is 1. The van der Waals surface area contributed by atoms with Gasteiger partial charge in [-0.15, -0.1) is 0 Å². The Hall–Kier alpha value is -4.60. The van der Waals surface area contributed by atoms with E-state index in [4.69, 9.17) is 18.9 Å². The van der Waals surface area contributed by atoms with Crippen LogP contribution in [0.5, 0.6) is 17.2 Å². The number of Topliss-reactive ketones (excluding diaryl/α,β-unsaturated/α-hetero) is 1. The largest absolute Gasteiger partial charge is 0.507 e. The molecule has 2 aliphatic rings. The molecule has 2 aliphatic heterocycles. The molecular formula is C35H38N2O7. The minimum absolute atomic E-state index is 0.0288. The first kappa shape index (κ1) is 30.8. The second-order valence-corrected chi connectivity index (χ2v) is 10.6. The van der Waals surface area contributed by atoms with Gasteiger partial charge in [-0.25, -0.2) is 0 Å². The standard InChI is InChI=1S/C35H38N2O7/c1-3-20-43-29-15-12-27(23-30(29)41-2)32-31(34(39)35(40)37(32)17-7-16-36-18-21-42-22-19-36)33(38)26-10-13-28(14-11-26)44-24-25-8-5-4-6-9-25/h3-6,8-15,23,32,38H,1,7,16-22,24H2,2H3/b33-31+. The summed E-state index contributed by atoms with van der Waals surface area (Å²) in [6.45, 7) is 8.51. The van der Waals surface area contributed by atoms with E-state index in [-0.39, 0.29) is 11.3 Å². The van der Waals surface area contributed by atoms with Crippen molar-refractivity contribution in [2.75, 3.05) is 53.1 Å². The van der Waals surface area contributed by atoms with Gasteiger partial charge < -0.3 is 29.0 Å². The lowest BCUT2D eigenvalue weighted by molar-refractivity contribution is -0.140. The van der Waals surface area contributed by atoms with E-state index in [1.165, 1.54) is 7.11 Å². The molecule has 2 fully saturated rings. The molecule has 0 bridgehead atoms. The molecule has 1 unspecified atom stereocenters. The molecule has 2 heterocycles. The first-order chi connectivity index (χ1) is 21.5. The zero-order chi connectivity index (χ0) is 30.9. The van der Waals surface area contributed by atoms with E-state index in [9.17, 15) is 14.7 Å². The Morgan fingerprint density at radius 1 is 0.977 bits per heavy atom. The zero-order valence-electron chi connectivity index (χ0n) is 24.9. The van der Waals surface area contributed by atoms with Crippen molar-refractivity contribution in [3.63, 3.8) is 0 Å². The van der Waals surface area contributed by atoms with E-state index in [2.05, 4.69) is 11.5 Å². The van der Waals surface area contributed by atoms with Crippen LogP contribution in [0.1, 0.15) is 29.2 Å². The van der Waals surface area contributed by atoms with Crippen molar-refractivity contribution in [3.05, 3.63) is 108 Å². The maximum atomic E-state index is 13.5. The average molecular weight is 599 g/mol. The van der Waals surface area contributed by atoms with Crippen molar-refractivity contribution >= 4 is 17.4 Å². The van der Waals surface area contributed by atoms with Crippen molar-refractivity contribution in [3.8, 4) is 17.2 Å². The molecule has 1 atom stereocenters. The van der Waals surface area contributed by atoms with Crippen molar-refractivity contribution < 1.29 is 33.6 Å². The highest BCUT2D eigenvalue weighted by Gasteiger charge is 2.46. The molecule has 2 saturated heterocycles. The Balaban J connectivity index is 1.44. The number of carbonyl (C=O) groups is 2. The molecule has 230 valence electrons. The number of ketones is 1. The molecule has 0 saturated carbocycles. The highest BCUT2D eigenvalue weighted by atomic mass is 16.5. The van der Waals surface area contributed by atoms with Gasteiger partial charge in [-0.2, -0.15) is 0 Å². The molecule has 0 spiro atoms. The van der Waals surface area contributed by atoms with Gasteiger partial charge in [0.15, 0.2) is 11.5 Å². The van der Waals surface area contributed by atoms with Crippen LogP contribution < -0.4 is 14.2 Å². The number of hydrogen-bond acceptors (Lipinski definition) is 8. The number of morpholine rings is 1. The van der Waals surface area contributed by atoms with Crippen molar-refractivity contribution in [2.45, 2.75) is 19.1 Å². The van der Waals surface area contributed by atoms with Crippen LogP contribution >= 0.6 is 0 Å². The molecule has 9 heteroatoms. The van der Waals surface area contributed by atoms with E-state index < -0.39 is 17.7 Å². The highest BCUT2D eigenvalue weighted by molar-refractivity contribution is 6.46. The average Bonchev–Trinajstić information content (AvgIpc) is 3.32. The highest BCUT2D eigenvalue weighted by Crippen LogP contribution is 2.42. The van der Waals surface area contributed by atoms with Gasteiger partial charge in [0.25, 0.3) is 11.7 Å². The summed E-state index contributed by atoms with van der Waals surface area (Å²) in [5, 5.41) is 11.5. The predicted molar refractivity (Wildman–Crippen MR) is 167 cm³/mol. The van der Waals surface area contributed by atoms with Gasteiger partial charge in [-0.1, -0.05) is 49.1 Å². The molecule has 0 radical (unpaired) electrons. The lowest BCUT2D eigenvalue weighted by Crippen LogP contribution is -2.39. The molecule has 3 aromatic rings. The maximum Gasteiger partial charge on any atom is 0.295 e. The summed E-state index contributed by atoms with van der Waals surface area (Å²) in [6.07, 6.45) is 2.30. The van der Waals surface area contributed by atoms with Crippen LogP contribution in [-0.4, -0.2) is 79.7 Å². The topological polar surface area (TPSA) is 97.8 Å². The van der Waals surface area contributed by atoms with Gasteiger partial charge in [0, 0.05) is 31.7 Å². The number of rotatable bonds is 13. The SMILES string of the molecule is C=CCOc1ccc(C2/C(=C(\O)c3ccc(OCc4ccccc4)cc3)C(=O)C(=O)N2CCCN2CCOCC2)cc1OC. The minimum atomic E-state index is -0.809. The number of hydrogen-bond donors (Lipinski definition) is 1. The summed E-state index contributed by atoms with van der Waals surface area (Å²) >= 11 is 0. The number of nitrogens with zero attached hydrogens (tertiary/aromatic N) is 2. The fraction of sp³-hybridized carbons (Fsp3) is 0.314. The molecule has 9 nitrogen and oxygen atoms in total. The van der Waals surface area contributed by atoms with Gasteiger partial charge in [0.05, 0.1) is 31.9 Å². The minimum Gasteiger partial charge on any atom is -0.507 e. The second-order valence-electron chi connectivity index (χ2n) is 10.6. The van der Waals surface area contributed by atoms with Gasteiger partial charge in [-0.05, 0) is 53.9 Å². The lowest BCUT2D eigenvalue weighted by Gasteiger charge is -2.29. The number of benzene rings is 3. The van der Waals surface area contributed by atoms with Crippen LogP contribution in [0, 0.1) is 0 Å². The predicted octanol–water partition coefficient (Wildman–Crippen LogP) is 4.98. The Labute approximate surface area is 257 Å². The first-order valence-electron chi connectivity index (χ1n) is 14.8. The van der Waals surface area contributed by atoms with Gasteiger partial charge in [0.2, 0.25) is 0 Å². The summed E-state index contributed by atoms with van der Waals surface area (Å²) in [4.78, 5) is 30.8. The number of aliphatic hydroxyl groups excluding tert-OH is 1. The molecule has 44 heavy (non-hydrogen) atoms. The third-order valence-corrected chi connectivity index (χ3v) is 7.75. The fourth-order valence-electron chi connectivity index (χ4n) is 5.47. The lowest BCUT2D eigenvalue weighted by atomic mass is 9.95. The van der Waals surface area contributed by atoms with Crippen molar-refractivity contribution in [1.29, 1.82) is 0 Å². The number of ether oxygens (including phenoxy) is 4. The summed E-state index contributed by atoms with van der Waals surface area (Å²) in [7, 11) is 1.53. The normalized spacial score (nSPS) is 18.3. The Bertz CT molecular complexity index is 1480. The molecular weight excluding hydrogens is 560 g/mol. The molecule has 0 aliphatic carbocycles. The van der Waals surface area contributed by atoms with Crippen LogP contribution in [0.25, 0.3) is 5.76 Å². The quantitative estimate of drug-likeness (QED) is 0.127. The molecule has 3 aromatic carbocycles. The van der Waals surface area contributed by atoms with E-state index >= 15 is 0 Å². The van der Waals surface area contributed by atoms with Crippen LogP contribution in [0.3, 0.4) is 0 Å². The Morgan fingerprint density at radius 3 is 2.43 bits per heavy atom. The van der Waals surface area contributed by atoms with Crippen LogP contribution in [-0.2, 0) is 20.9 Å². The molecule has 1 amide bonds. The summed E-state index contributed by atoms with van der Waals surface area (Å²) < 4.78 is 22.6. The van der Waals surface area contributed by atoms with Gasteiger partial charge >= 0.3 is 0 Å². The first-order valence-corrected chi connectivity index (χ1v) is 14.8. The fourth-order valence-corrected chi connectivity index (χ4v) is 5.47. The molecule has 1 N–H and O–H groups in total. The van der Waals surface area contributed by atoms with E-state index in [0.717, 1.165) is 25.2 Å². The van der Waals surface area contributed by atoms with Crippen molar-refractivity contribution in [2.24, 2.45) is 0 Å². The number of amides is 1. The Morgan fingerprint density at radius 2 is 1.73 bits per heavy atom. The van der Waals surface area contributed by atoms with Crippen LogP contribution in [0.2, 0.25) is 0 Å². The van der Waals surface area contributed by atoms with Crippen LogP contribution in [0.15, 0.2) is 91.0 Å². The van der Waals surface area contributed by atoms with E-state index in [0.29, 0.717) is 67.8 Å². The summed E-state index contributed by atoms with van der Waals surface area (Å²) in [5.41, 5.74) is 2.10. The number of aliphatic hydroxyl groups is 1. The summed E-state index contributed by atoms with van der Waals surface area (Å²) in [6, 6.07) is 21.1. The summed E-state index contributed by atoms with van der Waals surface area (Å²) in [5.74, 6) is -0.0499. The van der Waals surface area contributed by atoms with E-state index in [1.807, 2.05) is 30.3 Å². The zero-order valence-corrected chi connectivity index (χ0v) is 24.9. The molecule has 0 aromatic heterocycles. The van der Waals surface area contributed by atoms with Crippen LogP contribution in [0.4, 0.5) is 0 Å². The smallest absolute Gasteiger partial charge is 0.295 e. The Kier molecular flexibility index (Phi) is 10.3. The van der Waals surface area contributed by atoms with Gasteiger partial charge in [0.1, 0.15) is 24.7 Å². The van der Waals surface area contributed by atoms with E-state index in [1.54, 1.807) is 53.4 Å². The second kappa shape index (κ2) is 14.7. The third kappa shape index (κ3) is 7.12. The third-order valence-electron chi connectivity index (χ3n) is 7.75. The number of likely N-dealkylation sites (tertiary alicyclic amines) is 1. The monoisotopic (exact) mass is 598 g/mol. The maximum absolute atomic E-state index is 13.5. The molecule has 5 rings (SSSR count).